The molecule has 2 aliphatic rings. The van der Waals surface area contributed by atoms with Gasteiger partial charge in [0.2, 0.25) is 0 Å². The van der Waals surface area contributed by atoms with Crippen LogP contribution in [-0.2, 0) is 0 Å². The molecule has 0 radical (unpaired) electrons. The van der Waals surface area contributed by atoms with Crippen molar-refractivity contribution < 1.29 is 0 Å². The first-order chi connectivity index (χ1) is 16.4. The number of hydrogen-bond acceptors (Lipinski definition) is 2. The number of unbranched alkanes of at least 4 members (excludes halogenated alkanes) is 1. The molecule has 0 bridgehead atoms. The molecule has 2 rings (SSSR count). The lowest BCUT2D eigenvalue weighted by atomic mass is 9.88. The molecular weight excluding hydrogens is 432 g/mol. The number of rotatable bonds is 10. The molecule has 35 heavy (non-hydrogen) atoms. The maximum absolute atomic E-state index is 5.35. The van der Waals surface area contributed by atoms with Gasteiger partial charge in [0.25, 0.3) is 0 Å². The largest absolute Gasteiger partial charge is 0.346 e. The molecule has 2 fully saturated rings. The first-order valence-corrected chi connectivity index (χ1v) is 13.8. The number of likely N-dealkylation sites (N-methyl/N-ethyl adjacent to an activating group) is 1. The predicted molar refractivity (Wildman–Crippen MR) is 153 cm³/mol. The minimum Gasteiger partial charge on any atom is -0.346 e. The lowest BCUT2D eigenvalue weighted by molar-refractivity contribution is 0.299. The molecule has 1 atom stereocenters. The summed E-state index contributed by atoms with van der Waals surface area (Å²) in [6, 6.07) is 0. The smallest absolute Gasteiger partial charge is 0.196 e. The SMILES string of the molecule is CC/C=C\C/C=C\CCCN1CCN(C)C1=NC(C)(C)CC1CCN(C)C(=NC(C)(C)C)N(C)C1. The molecule has 2 saturated heterocycles. The molecule has 0 N–H and O–H groups in total. The number of nitrogens with zero attached hydrogens (tertiary/aromatic N) is 6. The molecule has 0 aromatic rings. The number of aliphatic imine (C=N–C) groups is 2. The molecule has 0 aliphatic carbocycles. The Bertz CT molecular complexity index is 758. The second-order valence-corrected chi connectivity index (χ2v) is 12.1. The lowest BCUT2D eigenvalue weighted by Crippen LogP contribution is -2.41. The van der Waals surface area contributed by atoms with Crippen LogP contribution in [0.3, 0.4) is 0 Å². The van der Waals surface area contributed by atoms with Crippen LogP contribution >= 0.6 is 0 Å². The highest BCUT2D eigenvalue weighted by Crippen LogP contribution is 2.28. The highest BCUT2D eigenvalue weighted by molar-refractivity contribution is 5.82. The van der Waals surface area contributed by atoms with Gasteiger partial charge < -0.3 is 19.6 Å². The summed E-state index contributed by atoms with van der Waals surface area (Å²) in [5.74, 6) is 2.89. The van der Waals surface area contributed by atoms with Gasteiger partial charge in [0.15, 0.2) is 11.9 Å². The molecule has 0 amide bonds. The van der Waals surface area contributed by atoms with Crippen LogP contribution in [0, 0.1) is 5.92 Å². The van der Waals surface area contributed by atoms with Gasteiger partial charge in [0, 0.05) is 53.9 Å². The summed E-state index contributed by atoms with van der Waals surface area (Å²) in [6.45, 7) is 18.6. The third kappa shape index (κ3) is 10.3. The van der Waals surface area contributed by atoms with E-state index in [2.05, 4.69) is 107 Å². The zero-order valence-electron chi connectivity index (χ0n) is 24.3. The topological polar surface area (TPSA) is 37.7 Å². The maximum Gasteiger partial charge on any atom is 0.196 e. The van der Waals surface area contributed by atoms with E-state index in [9.17, 15) is 0 Å². The van der Waals surface area contributed by atoms with Gasteiger partial charge in [0.05, 0.1) is 11.1 Å². The maximum atomic E-state index is 5.35. The van der Waals surface area contributed by atoms with Crippen LogP contribution < -0.4 is 0 Å². The van der Waals surface area contributed by atoms with Gasteiger partial charge in [-0.25, -0.2) is 9.98 Å². The van der Waals surface area contributed by atoms with Crippen molar-refractivity contribution in [1.82, 2.24) is 19.6 Å². The third-order valence-corrected chi connectivity index (χ3v) is 6.68. The van der Waals surface area contributed by atoms with Gasteiger partial charge in [-0.15, -0.1) is 0 Å². The van der Waals surface area contributed by atoms with Crippen molar-refractivity contribution in [2.45, 2.75) is 91.1 Å². The van der Waals surface area contributed by atoms with Crippen LogP contribution in [0.25, 0.3) is 0 Å². The Balaban J connectivity index is 1.97. The average molecular weight is 487 g/mol. The number of guanidine groups is 2. The Labute approximate surface area is 216 Å². The lowest BCUT2D eigenvalue weighted by Gasteiger charge is -2.31. The standard InChI is InChI=1S/C29H54N6/c1-10-11-12-13-14-15-16-17-19-35-22-21-33(8)27(35)31-29(5,6)23-25-18-20-32(7)26(34(9)24-25)30-28(2,3)4/h11-12,14-15,25H,10,13,16-24H2,1-9H3/b12-11-,15-14-,30-26?,31-27?. The highest BCUT2D eigenvalue weighted by Gasteiger charge is 2.31. The predicted octanol–water partition coefficient (Wildman–Crippen LogP) is 5.49. The molecule has 0 saturated carbocycles. The molecule has 0 aromatic heterocycles. The van der Waals surface area contributed by atoms with Crippen LogP contribution in [-0.4, -0.2) is 96.5 Å². The van der Waals surface area contributed by atoms with E-state index in [0.717, 1.165) is 64.4 Å². The van der Waals surface area contributed by atoms with Crippen molar-refractivity contribution in [2.24, 2.45) is 15.9 Å². The molecule has 6 heteroatoms. The first-order valence-electron chi connectivity index (χ1n) is 13.8. The second kappa shape index (κ2) is 13.4. The quantitative estimate of drug-likeness (QED) is 0.302. The van der Waals surface area contributed by atoms with Gasteiger partial charge in [-0.2, -0.15) is 0 Å². The van der Waals surface area contributed by atoms with Crippen molar-refractivity contribution in [2.75, 3.05) is 53.9 Å². The molecule has 2 aliphatic heterocycles. The van der Waals surface area contributed by atoms with Crippen molar-refractivity contribution in [1.29, 1.82) is 0 Å². The van der Waals surface area contributed by atoms with Crippen molar-refractivity contribution >= 4 is 11.9 Å². The van der Waals surface area contributed by atoms with Gasteiger partial charge in [0.1, 0.15) is 0 Å². The Morgan fingerprint density at radius 1 is 0.829 bits per heavy atom. The van der Waals surface area contributed by atoms with Crippen LogP contribution in [0.2, 0.25) is 0 Å². The first kappa shape index (κ1) is 29.3. The van der Waals surface area contributed by atoms with E-state index in [4.69, 9.17) is 9.98 Å². The minimum atomic E-state index is -0.0898. The molecule has 6 nitrogen and oxygen atoms in total. The average Bonchev–Trinajstić information content (AvgIpc) is 3.03. The van der Waals surface area contributed by atoms with E-state index < -0.39 is 0 Å². The van der Waals surface area contributed by atoms with E-state index in [1.54, 1.807) is 0 Å². The van der Waals surface area contributed by atoms with Gasteiger partial charge in [-0.05, 0) is 79.1 Å². The Hall–Kier alpha value is -1.98. The summed E-state index contributed by atoms with van der Waals surface area (Å²) in [5.41, 5.74) is -0.158. The zero-order chi connectivity index (χ0) is 26.1. The summed E-state index contributed by atoms with van der Waals surface area (Å²) in [4.78, 5) is 19.9. The zero-order valence-corrected chi connectivity index (χ0v) is 24.3. The van der Waals surface area contributed by atoms with Crippen molar-refractivity contribution in [3.63, 3.8) is 0 Å². The van der Waals surface area contributed by atoms with E-state index in [1.807, 2.05) is 0 Å². The van der Waals surface area contributed by atoms with Crippen molar-refractivity contribution in [3.05, 3.63) is 24.3 Å². The summed E-state index contributed by atoms with van der Waals surface area (Å²) in [5, 5.41) is 0. The van der Waals surface area contributed by atoms with E-state index in [-0.39, 0.29) is 11.1 Å². The molecule has 0 spiro atoms. The number of hydrogen-bond donors (Lipinski definition) is 0. The third-order valence-electron chi connectivity index (χ3n) is 6.68. The Morgan fingerprint density at radius 3 is 2.20 bits per heavy atom. The fourth-order valence-electron chi connectivity index (χ4n) is 5.02. The van der Waals surface area contributed by atoms with E-state index >= 15 is 0 Å². The van der Waals surface area contributed by atoms with Gasteiger partial charge in [-0.3, -0.25) is 0 Å². The highest BCUT2D eigenvalue weighted by atomic mass is 15.4. The summed E-state index contributed by atoms with van der Waals surface area (Å²) in [7, 11) is 6.56. The Morgan fingerprint density at radius 2 is 1.51 bits per heavy atom. The van der Waals surface area contributed by atoms with Crippen molar-refractivity contribution in [3.8, 4) is 0 Å². The van der Waals surface area contributed by atoms with E-state index in [0.29, 0.717) is 5.92 Å². The second-order valence-electron chi connectivity index (χ2n) is 12.1. The minimum absolute atomic E-state index is 0.0681. The molecule has 0 aromatic carbocycles. The molecular formula is C29H54N6. The van der Waals surface area contributed by atoms with Gasteiger partial charge in [-0.1, -0.05) is 31.2 Å². The summed E-state index contributed by atoms with van der Waals surface area (Å²) in [6.07, 6.45) is 15.9. The summed E-state index contributed by atoms with van der Waals surface area (Å²) >= 11 is 0. The fraction of sp³-hybridized carbons (Fsp3) is 0.793. The molecule has 2 heterocycles. The van der Waals surface area contributed by atoms with Crippen LogP contribution in [0.1, 0.15) is 80.1 Å². The van der Waals surface area contributed by atoms with Crippen LogP contribution in [0.5, 0.6) is 0 Å². The fourth-order valence-corrected chi connectivity index (χ4v) is 5.02. The Kier molecular flexibility index (Phi) is 11.2. The van der Waals surface area contributed by atoms with Gasteiger partial charge >= 0.3 is 0 Å². The van der Waals surface area contributed by atoms with E-state index in [1.165, 1.54) is 18.8 Å². The normalized spacial score (nSPS) is 23.1. The van der Waals surface area contributed by atoms with Crippen LogP contribution in [0.4, 0.5) is 0 Å². The van der Waals surface area contributed by atoms with Crippen LogP contribution in [0.15, 0.2) is 34.3 Å². The molecule has 1 unspecified atom stereocenters. The summed E-state index contributed by atoms with van der Waals surface area (Å²) < 4.78 is 0. The molecule has 200 valence electrons. The number of allylic oxidation sites excluding steroid dienone is 4. The monoisotopic (exact) mass is 486 g/mol.